The molecule has 0 unspecified atom stereocenters. The molecule has 1 amide bonds. The van der Waals surface area contributed by atoms with E-state index >= 15 is 0 Å². The van der Waals surface area contributed by atoms with Gasteiger partial charge in [0.25, 0.3) is 0 Å². The molecule has 0 heterocycles. The molecule has 0 radical (unpaired) electrons. The van der Waals surface area contributed by atoms with E-state index in [1.807, 2.05) is 13.8 Å². The summed E-state index contributed by atoms with van der Waals surface area (Å²) in [6.45, 7) is 7.70. The van der Waals surface area contributed by atoms with Crippen LogP contribution in [0.4, 0.5) is 0 Å². The van der Waals surface area contributed by atoms with Crippen LogP contribution >= 0.6 is 12.2 Å². The highest BCUT2D eigenvalue weighted by Gasteiger charge is 2.12. The van der Waals surface area contributed by atoms with Crippen molar-refractivity contribution < 1.29 is 9.59 Å². The summed E-state index contributed by atoms with van der Waals surface area (Å²) in [6.07, 6.45) is -0.0796. The van der Waals surface area contributed by atoms with Crippen molar-refractivity contribution in [2.45, 2.75) is 40.2 Å². The van der Waals surface area contributed by atoms with Crippen molar-refractivity contribution in [2.24, 2.45) is 5.92 Å². The molecule has 0 aromatic heterocycles. The summed E-state index contributed by atoms with van der Waals surface area (Å²) >= 11 is 4.97. The van der Waals surface area contributed by atoms with Gasteiger partial charge in [0.15, 0.2) is 5.11 Å². The standard InChI is InChI=1S/C11H21N3O2S/c1-7(2)9(15)5-10(16)12-6-13-11(17)14-8(3)4/h7-8H,5-6H2,1-4H3,(H,12,16)(H2,13,14,17). The number of carbonyl (C=O) groups excluding carboxylic acids is 2. The Morgan fingerprint density at radius 3 is 2.18 bits per heavy atom. The molecule has 5 nitrogen and oxygen atoms in total. The second kappa shape index (κ2) is 8.00. The molecule has 0 fully saturated rings. The van der Waals surface area contributed by atoms with Gasteiger partial charge in [0.05, 0.1) is 13.1 Å². The number of Topliss-reactive ketones (excluding diaryl/α,β-unsaturated/α-hetero) is 1. The molecule has 0 aromatic carbocycles. The Balaban J connectivity index is 3.72. The summed E-state index contributed by atoms with van der Waals surface area (Å²) in [7, 11) is 0. The van der Waals surface area contributed by atoms with E-state index in [0.717, 1.165) is 0 Å². The van der Waals surface area contributed by atoms with Crippen LogP contribution in [0, 0.1) is 5.92 Å². The van der Waals surface area contributed by atoms with E-state index in [1.165, 1.54) is 0 Å². The SMILES string of the molecule is CC(C)NC(=S)NCNC(=O)CC(=O)C(C)C. The Morgan fingerprint density at radius 1 is 1.12 bits per heavy atom. The molecule has 0 spiro atoms. The minimum Gasteiger partial charge on any atom is -0.361 e. The Hall–Kier alpha value is -1.17. The summed E-state index contributed by atoms with van der Waals surface area (Å²) in [5.74, 6) is -0.466. The van der Waals surface area contributed by atoms with Crippen LogP contribution in [0.2, 0.25) is 0 Å². The van der Waals surface area contributed by atoms with E-state index in [9.17, 15) is 9.59 Å². The first-order valence-electron chi connectivity index (χ1n) is 5.66. The van der Waals surface area contributed by atoms with Crippen LogP contribution in [-0.2, 0) is 9.59 Å². The van der Waals surface area contributed by atoms with Crippen LogP contribution in [0.15, 0.2) is 0 Å². The van der Waals surface area contributed by atoms with Crippen molar-refractivity contribution in [3.63, 3.8) is 0 Å². The summed E-state index contributed by atoms with van der Waals surface area (Å²) < 4.78 is 0. The van der Waals surface area contributed by atoms with E-state index in [2.05, 4.69) is 16.0 Å². The second-order valence-corrected chi connectivity index (χ2v) is 4.79. The summed E-state index contributed by atoms with van der Waals surface area (Å²) in [6, 6.07) is 0.244. The van der Waals surface area contributed by atoms with Crippen LogP contribution in [0.3, 0.4) is 0 Å². The molecule has 0 aliphatic carbocycles. The molecular weight excluding hydrogens is 238 g/mol. The molecule has 98 valence electrons. The number of nitrogens with one attached hydrogen (secondary N) is 3. The predicted molar refractivity (Wildman–Crippen MR) is 71.5 cm³/mol. The summed E-state index contributed by atoms with van der Waals surface area (Å²) in [5.41, 5.74) is 0. The number of hydrogen-bond donors (Lipinski definition) is 3. The van der Waals surface area contributed by atoms with Gasteiger partial charge in [-0.1, -0.05) is 13.8 Å². The summed E-state index contributed by atoms with van der Waals surface area (Å²) in [4.78, 5) is 22.6. The van der Waals surface area contributed by atoms with Gasteiger partial charge < -0.3 is 16.0 Å². The third-order valence-electron chi connectivity index (χ3n) is 1.93. The zero-order valence-corrected chi connectivity index (χ0v) is 11.6. The highest BCUT2D eigenvalue weighted by atomic mass is 32.1. The monoisotopic (exact) mass is 259 g/mol. The molecule has 6 heteroatoms. The molecule has 0 atom stereocenters. The van der Waals surface area contributed by atoms with Gasteiger partial charge in [-0.15, -0.1) is 0 Å². The van der Waals surface area contributed by atoms with Gasteiger partial charge in [-0.25, -0.2) is 0 Å². The number of amides is 1. The lowest BCUT2D eigenvalue weighted by molar-refractivity contribution is -0.129. The van der Waals surface area contributed by atoms with E-state index in [4.69, 9.17) is 12.2 Å². The van der Waals surface area contributed by atoms with Gasteiger partial charge in [0.1, 0.15) is 5.78 Å². The highest BCUT2D eigenvalue weighted by Crippen LogP contribution is 1.97. The number of carbonyl (C=O) groups is 2. The Labute approximate surface area is 108 Å². The predicted octanol–water partition coefficient (Wildman–Crippen LogP) is 0.548. The van der Waals surface area contributed by atoms with Gasteiger partial charge in [0, 0.05) is 12.0 Å². The number of ketones is 1. The molecular formula is C11H21N3O2S. The molecule has 0 aliphatic rings. The Bertz CT molecular complexity index is 290. The van der Waals surface area contributed by atoms with Crippen LogP contribution in [0.25, 0.3) is 0 Å². The maximum atomic E-state index is 11.3. The lowest BCUT2D eigenvalue weighted by atomic mass is 10.1. The van der Waals surface area contributed by atoms with Crippen LogP contribution < -0.4 is 16.0 Å². The van der Waals surface area contributed by atoms with Gasteiger partial charge in [-0.05, 0) is 26.1 Å². The highest BCUT2D eigenvalue weighted by molar-refractivity contribution is 7.80. The summed E-state index contributed by atoms with van der Waals surface area (Å²) in [5, 5.41) is 8.86. The smallest absolute Gasteiger partial charge is 0.228 e. The maximum Gasteiger partial charge on any atom is 0.228 e. The zero-order valence-electron chi connectivity index (χ0n) is 10.8. The van der Waals surface area contributed by atoms with Gasteiger partial charge >= 0.3 is 0 Å². The molecule has 17 heavy (non-hydrogen) atoms. The average Bonchev–Trinajstić information content (AvgIpc) is 2.15. The van der Waals surface area contributed by atoms with Gasteiger partial charge in [-0.2, -0.15) is 0 Å². The van der Waals surface area contributed by atoms with Crippen molar-refractivity contribution in [2.75, 3.05) is 6.67 Å². The van der Waals surface area contributed by atoms with Gasteiger partial charge in [-0.3, -0.25) is 9.59 Å². The molecule has 0 saturated heterocycles. The first kappa shape index (κ1) is 15.8. The topological polar surface area (TPSA) is 70.2 Å². The van der Waals surface area contributed by atoms with Crippen molar-refractivity contribution in [3.8, 4) is 0 Å². The fourth-order valence-corrected chi connectivity index (χ4v) is 1.27. The molecule has 0 aliphatic heterocycles. The normalized spacial score (nSPS) is 10.2. The van der Waals surface area contributed by atoms with E-state index in [-0.39, 0.29) is 36.7 Å². The Morgan fingerprint density at radius 2 is 1.71 bits per heavy atom. The quantitative estimate of drug-likeness (QED) is 0.369. The molecule has 0 rings (SSSR count). The lowest BCUT2D eigenvalue weighted by Crippen LogP contribution is -2.44. The largest absolute Gasteiger partial charge is 0.361 e. The third kappa shape index (κ3) is 8.62. The first-order valence-corrected chi connectivity index (χ1v) is 6.07. The fraction of sp³-hybridized carbons (Fsp3) is 0.727. The third-order valence-corrected chi connectivity index (χ3v) is 2.20. The lowest BCUT2D eigenvalue weighted by Gasteiger charge is -2.13. The minimum absolute atomic E-state index is 0.0645. The maximum absolute atomic E-state index is 11.3. The van der Waals surface area contributed by atoms with Crippen molar-refractivity contribution >= 4 is 29.0 Å². The molecule has 0 aromatic rings. The van der Waals surface area contributed by atoms with Gasteiger partial charge in [0.2, 0.25) is 5.91 Å². The molecule has 3 N–H and O–H groups in total. The zero-order chi connectivity index (χ0) is 13.4. The number of thiocarbonyl (C=S) groups is 1. The van der Waals surface area contributed by atoms with E-state index in [1.54, 1.807) is 13.8 Å². The van der Waals surface area contributed by atoms with Crippen molar-refractivity contribution in [1.82, 2.24) is 16.0 Å². The van der Waals surface area contributed by atoms with E-state index in [0.29, 0.717) is 5.11 Å². The van der Waals surface area contributed by atoms with Crippen LogP contribution in [0.1, 0.15) is 34.1 Å². The Kier molecular flexibility index (Phi) is 7.45. The molecule has 0 bridgehead atoms. The minimum atomic E-state index is -0.288. The van der Waals surface area contributed by atoms with Crippen molar-refractivity contribution in [1.29, 1.82) is 0 Å². The number of hydrogen-bond acceptors (Lipinski definition) is 3. The average molecular weight is 259 g/mol. The van der Waals surface area contributed by atoms with Crippen LogP contribution in [-0.4, -0.2) is 29.5 Å². The number of rotatable bonds is 6. The second-order valence-electron chi connectivity index (χ2n) is 4.38. The van der Waals surface area contributed by atoms with E-state index < -0.39 is 0 Å². The first-order chi connectivity index (χ1) is 7.82. The van der Waals surface area contributed by atoms with Crippen LogP contribution in [0.5, 0.6) is 0 Å². The fourth-order valence-electron chi connectivity index (χ4n) is 0.961. The molecule has 0 saturated carbocycles. The van der Waals surface area contributed by atoms with Crippen molar-refractivity contribution in [3.05, 3.63) is 0 Å².